The predicted molar refractivity (Wildman–Crippen MR) is 64.0 cm³/mol. The van der Waals surface area contributed by atoms with Crippen LogP contribution in [0.25, 0.3) is 0 Å². The molecular weight excluding hydrogens is 204 g/mol. The minimum atomic E-state index is -0.377. The summed E-state index contributed by atoms with van der Waals surface area (Å²) in [6.45, 7) is 6.90. The molecule has 0 spiro atoms. The first-order chi connectivity index (χ1) is 7.43. The largest absolute Gasteiger partial charge is 0.376 e. The second-order valence-corrected chi connectivity index (χ2v) is 5.12. The average molecular weight is 228 g/mol. The lowest BCUT2D eigenvalue weighted by atomic mass is 10.0. The fourth-order valence-corrected chi connectivity index (χ4v) is 2.26. The highest BCUT2D eigenvalue weighted by atomic mass is 16.5. The highest BCUT2D eigenvalue weighted by Crippen LogP contribution is 2.19. The van der Waals surface area contributed by atoms with Gasteiger partial charge >= 0.3 is 0 Å². The second kappa shape index (κ2) is 5.64. The number of amides is 1. The van der Waals surface area contributed by atoms with Gasteiger partial charge in [0, 0.05) is 13.7 Å². The Bertz CT molecular complexity index is 243. The molecular formula is C12H24N2O2. The first kappa shape index (κ1) is 13.5. The number of hydrogen-bond donors (Lipinski definition) is 1. The van der Waals surface area contributed by atoms with E-state index in [1.165, 1.54) is 0 Å². The van der Waals surface area contributed by atoms with Gasteiger partial charge in [-0.2, -0.15) is 0 Å². The SMILES string of the molecule is CC(C)CC(N)C(=O)N(C)C1CCOC1C. The molecule has 1 rings (SSSR count). The zero-order chi connectivity index (χ0) is 12.3. The maximum atomic E-state index is 12.1. The van der Waals surface area contributed by atoms with Gasteiger partial charge in [-0.3, -0.25) is 4.79 Å². The molecule has 4 nitrogen and oxygen atoms in total. The van der Waals surface area contributed by atoms with Crippen LogP contribution in [0.15, 0.2) is 0 Å². The van der Waals surface area contributed by atoms with Gasteiger partial charge in [-0.15, -0.1) is 0 Å². The molecule has 1 aliphatic rings. The quantitative estimate of drug-likeness (QED) is 0.781. The topological polar surface area (TPSA) is 55.6 Å². The molecule has 1 fully saturated rings. The number of ether oxygens (including phenoxy) is 1. The van der Waals surface area contributed by atoms with Crippen molar-refractivity contribution in [2.45, 2.75) is 51.8 Å². The minimum absolute atomic E-state index is 0.0380. The van der Waals surface area contributed by atoms with Crippen LogP contribution >= 0.6 is 0 Å². The van der Waals surface area contributed by atoms with E-state index in [1.807, 2.05) is 14.0 Å². The Morgan fingerprint density at radius 3 is 2.62 bits per heavy atom. The van der Waals surface area contributed by atoms with Crippen molar-refractivity contribution in [3.63, 3.8) is 0 Å². The fraction of sp³-hybridized carbons (Fsp3) is 0.917. The Kier molecular flexibility index (Phi) is 4.74. The maximum absolute atomic E-state index is 12.1. The van der Waals surface area contributed by atoms with E-state index < -0.39 is 0 Å². The van der Waals surface area contributed by atoms with E-state index in [0.717, 1.165) is 19.4 Å². The van der Waals surface area contributed by atoms with Crippen LogP contribution in [0.1, 0.15) is 33.6 Å². The summed E-state index contributed by atoms with van der Waals surface area (Å²) in [5.74, 6) is 0.487. The Morgan fingerprint density at radius 1 is 1.56 bits per heavy atom. The molecule has 3 atom stereocenters. The van der Waals surface area contributed by atoms with E-state index in [9.17, 15) is 4.79 Å². The summed E-state index contributed by atoms with van der Waals surface area (Å²) in [7, 11) is 1.83. The molecule has 1 saturated heterocycles. The van der Waals surface area contributed by atoms with Crippen LogP contribution in [0, 0.1) is 5.92 Å². The van der Waals surface area contributed by atoms with Gasteiger partial charge in [-0.1, -0.05) is 13.8 Å². The molecule has 0 saturated carbocycles. The van der Waals surface area contributed by atoms with Gasteiger partial charge in [0.1, 0.15) is 0 Å². The molecule has 0 bridgehead atoms. The number of rotatable bonds is 4. The summed E-state index contributed by atoms with van der Waals surface area (Å²) in [5.41, 5.74) is 5.90. The third kappa shape index (κ3) is 3.19. The molecule has 0 radical (unpaired) electrons. The zero-order valence-corrected chi connectivity index (χ0v) is 10.8. The molecule has 1 aliphatic heterocycles. The predicted octanol–water partition coefficient (Wildman–Crippen LogP) is 0.996. The summed E-state index contributed by atoms with van der Waals surface area (Å²) in [5, 5.41) is 0. The number of hydrogen-bond acceptors (Lipinski definition) is 3. The molecule has 2 N–H and O–H groups in total. The number of carbonyl (C=O) groups is 1. The smallest absolute Gasteiger partial charge is 0.239 e. The van der Waals surface area contributed by atoms with Crippen molar-refractivity contribution in [1.29, 1.82) is 0 Å². The van der Waals surface area contributed by atoms with Crippen LogP contribution in [-0.2, 0) is 9.53 Å². The minimum Gasteiger partial charge on any atom is -0.376 e. The fourth-order valence-electron chi connectivity index (χ4n) is 2.26. The Balaban J connectivity index is 2.52. The number of carbonyl (C=O) groups excluding carboxylic acids is 1. The number of likely N-dealkylation sites (N-methyl/N-ethyl adjacent to an activating group) is 1. The summed E-state index contributed by atoms with van der Waals surface area (Å²) < 4.78 is 5.46. The van der Waals surface area contributed by atoms with E-state index >= 15 is 0 Å². The lowest BCUT2D eigenvalue weighted by Gasteiger charge is -2.29. The molecule has 1 heterocycles. The van der Waals surface area contributed by atoms with Gasteiger partial charge in [-0.05, 0) is 25.7 Å². The lowest BCUT2D eigenvalue weighted by Crippen LogP contribution is -2.49. The van der Waals surface area contributed by atoms with Crippen LogP contribution in [0.3, 0.4) is 0 Å². The standard InChI is InChI=1S/C12H24N2O2/c1-8(2)7-10(13)12(15)14(4)11-5-6-16-9(11)3/h8-11H,5-7,13H2,1-4H3. The second-order valence-electron chi connectivity index (χ2n) is 5.12. The van der Waals surface area contributed by atoms with Crippen molar-refractivity contribution in [2.24, 2.45) is 11.7 Å². The molecule has 3 unspecified atom stereocenters. The monoisotopic (exact) mass is 228 g/mol. The van der Waals surface area contributed by atoms with Crippen LogP contribution in [0.2, 0.25) is 0 Å². The van der Waals surface area contributed by atoms with E-state index in [2.05, 4.69) is 13.8 Å². The van der Waals surface area contributed by atoms with Crippen molar-refractivity contribution >= 4 is 5.91 Å². The van der Waals surface area contributed by atoms with E-state index in [4.69, 9.17) is 10.5 Å². The van der Waals surface area contributed by atoms with E-state index in [0.29, 0.717) is 5.92 Å². The molecule has 4 heteroatoms. The Hall–Kier alpha value is -0.610. The van der Waals surface area contributed by atoms with Gasteiger partial charge in [0.2, 0.25) is 5.91 Å². The van der Waals surface area contributed by atoms with Crippen LogP contribution < -0.4 is 5.73 Å². The van der Waals surface area contributed by atoms with Crippen molar-refractivity contribution in [3.8, 4) is 0 Å². The number of nitrogens with two attached hydrogens (primary N) is 1. The van der Waals surface area contributed by atoms with Crippen LogP contribution in [-0.4, -0.2) is 42.6 Å². The Morgan fingerprint density at radius 2 is 2.19 bits per heavy atom. The van der Waals surface area contributed by atoms with Gasteiger partial charge in [0.15, 0.2) is 0 Å². The molecule has 0 aliphatic carbocycles. The number of nitrogens with zero attached hydrogens (tertiary/aromatic N) is 1. The summed E-state index contributed by atoms with van der Waals surface area (Å²) in [6, 6.07) is -0.191. The summed E-state index contributed by atoms with van der Waals surface area (Å²) in [4.78, 5) is 13.8. The molecule has 0 aromatic rings. The average Bonchev–Trinajstić information content (AvgIpc) is 2.61. The molecule has 94 valence electrons. The highest BCUT2D eigenvalue weighted by molar-refractivity contribution is 5.81. The Labute approximate surface area is 98.1 Å². The van der Waals surface area contributed by atoms with Gasteiger partial charge in [0.25, 0.3) is 0 Å². The van der Waals surface area contributed by atoms with Crippen molar-refractivity contribution in [1.82, 2.24) is 4.90 Å². The molecule has 0 aromatic heterocycles. The van der Waals surface area contributed by atoms with Crippen molar-refractivity contribution in [2.75, 3.05) is 13.7 Å². The lowest BCUT2D eigenvalue weighted by molar-refractivity contribution is -0.134. The highest BCUT2D eigenvalue weighted by Gasteiger charge is 2.32. The summed E-state index contributed by atoms with van der Waals surface area (Å²) in [6.07, 6.45) is 1.78. The van der Waals surface area contributed by atoms with Crippen LogP contribution in [0.5, 0.6) is 0 Å². The first-order valence-corrected chi connectivity index (χ1v) is 6.07. The molecule has 0 aromatic carbocycles. The normalized spacial score (nSPS) is 27.1. The van der Waals surface area contributed by atoms with Crippen molar-refractivity contribution in [3.05, 3.63) is 0 Å². The van der Waals surface area contributed by atoms with E-state index in [-0.39, 0.29) is 24.1 Å². The third-order valence-corrected chi connectivity index (χ3v) is 3.22. The van der Waals surface area contributed by atoms with Gasteiger partial charge < -0.3 is 15.4 Å². The van der Waals surface area contributed by atoms with Gasteiger partial charge in [-0.25, -0.2) is 0 Å². The molecule has 16 heavy (non-hydrogen) atoms. The summed E-state index contributed by atoms with van der Waals surface area (Å²) >= 11 is 0. The van der Waals surface area contributed by atoms with Gasteiger partial charge in [0.05, 0.1) is 18.2 Å². The first-order valence-electron chi connectivity index (χ1n) is 6.07. The van der Waals surface area contributed by atoms with Crippen LogP contribution in [0.4, 0.5) is 0 Å². The van der Waals surface area contributed by atoms with E-state index in [1.54, 1.807) is 4.90 Å². The maximum Gasteiger partial charge on any atom is 0.239 e. The third-order valence-electron chi connectivity index (χ3n) is 3.22. The zero-order valence-electron chi connectivity index (χ0n) is 10.8. The van der Waals surface area contributed by atoms with Crippen molar-refractivity contribution < 1.29 is 9.53 Å². The molecule has 1 amide bonds.